The van der Waals surface area contributed by atoms with Crippen molar-refractivity contribution in [1.82, 2.24) is 14.9 Å². The summed E-state index contributed by atoms with van der Waals surface area (Å²) in [5, 5.41) is 3.36. The van der Waals surface area contributed by atoms with Crippen LogP contribution in [0.4, 0.5) is 10.2 Å². The molecule has 3 aromatic rings. The monoisotopic (exact) mass is 404 g/mol. The van der Waals surface area contributed by atoms with E-state index in [2.05, 4.69) is 15.3 Å². The lowest BCUT2D eigenvalue weighted by Crippen LogP contribution is -2.22. The molecule has 5 nitrogen and oxygen atoms in total. The number of aryl methyl sites for hydroxylation is 2. The molecule has 0 saturated carbocycles. The van der Waals surface area contributed by atoms with Gasteiger partial charge in [0.1, 0.15) is 11.6 Å². The number of hydrogen-bond donors (Lipinski definition) is 1. The van der Waals surface area contributed by atoms with Crippen molar-refractivity contribution in [3.63, 3.8) is 0 Å². The molecular formula is C24H25FN4O. The first-order valence-electron chi connectivity index (χ1n) is 10.2. The van der Waals surface area contributed by atoms with Gasteiger partial charge in [-0.1, -0.05) is 12.1 Å². The van der Waals surface area contributed by atoms with Crippen LogP contribution in [0.1, 0.15) is 52.8 Å². The third-order valence-electron chi connectivity index (χ3n) is 5.54. The highest BCUT2D eigenvalue weighted by Crippen LogP contribution is 2.31. The lowest BCUT2D eigenvalue weighted by molar-refractivity contribution is 0.0787. The Hall–Kier alpha value is -3.28. The fourth-order valence-corrected chi connectivity index (χ4v) is 3.98. The van der Waals surface area contributed by atoms with Crippen LogP contribution in [0.2, 0.25) is 0 Å². The number of carbonyl (C=O) groups excluding carboxylic acids is 1. The van der Waals surface area contributed by atoms with Gasteiger partial charge in [0.2, 0.25) is 0 Å². The van der Waals surface area contributed by atoms with E-state index >= 15 is 0 Å². The van der Waals surface area contributed by atoms with Gasteiger partial charge in [0.05, 0.1) is 12.6 Å². The molecular weight excluding hydrogens is 379 g/mol. The number of carbonyl (C=O) groups is 1. The van der Waals surface area contributed by atoms with Gasteiger partial charge in [0, 0.05) is 40.8 Å². The minimum atomic E-state index is -0.273. The lowest BCUT2D eigenvalue weighted by atomic mass is 10.00. The Morgan fingerprint density at radius 1 is 1.13 bits per heavy atom. The van der Waals surface area contributed by atoms with Gasteiger partial charge in [-0.25, -0.2) is 9.37 Å². The van der Waals surface area contributed by atoms with E-state index in [0.717, 1.165) is 28.1 Å². The maximum atomic E-state index is 15.0. The Balaban J connectivity index is 1.59. The quantitative estimate of drug-likeness (QED) is 0.647. The zero-order valence-corrected chi connectivity index (χ0v) is 17.7. The first-order valence-corrected chi connectivity index (χ1v) is 10.2. The van der Waals surface area contributed by atoms with E-state index in [0.29, 0.717) is 30.0 Å². The Bertz CT molecular complexity index is 1110. The van der Waals surface area contributed by atoms with Crippen molar-refractivity contribution in [2.24, 2.45) is 0 Å². The number of aromatic nitrogens is 2. The van der Waals surface area contributed by atoms with Gasteiger partial charge >= 0.3 is 0 Å². The molecule has 1 atom stereocenters. The maximum absolute atomic E-state index is 15.0. The molecule has 1 aliphatic heterocycles. The van der Waals surface area contributed by atoms with Crippen molar-refractivity contribution in [1.29, 1.82) is 0 Å². The summed E-state index contributed by atoms with van der Waals surface area (Å²) in [6, 6.07) is 10.7. The fraction of sp³-hybridized carbons (Fsp3) is 0.292. The van der Waals surface area contributed by atoms with Crippen LogP contribution in [0, 0.1) is 19.7 Å². The fourth-order valence-electron chi connectivity index (χ4n) is 3.98. The number of halogens is 1. The van der Waals surface area contributed by atoms with Crippen LogP contribution >= 0.6 is 0 Å². The molecule has 0 aliphatic carbocycles. The van der Waals surface area contributed by atoms with E-state index < -0.39 is 0 Å². The summed E-state index contributed by atoms with van der Waals surface area (Å²) in [6.07, 6.45) is 1.64. The van der Waals surface area contributed by atoms with Gasteiger partial charge in [-0.05, 0) is 63.1 Å². The Kier molecular flexibility index (Phi) is 5.24. The number of amides is 1. The molecule has 1 N–H and O–H groups in total. The second-order valence-electron chi connectivity index (χ2n) is 7.75. The topological polar surface area (TPSA) is 58.1 Å². The van der Waals surface area contributed by atoms with Crippen LogP contribution in [0.5, 0.6) is 0 Å². The predicted octanol–water partition coefficient (Wildman–Crippen LogP) is 5.05. The predicted molar refractivity (Wildman–Crippen MR) is 116 cm³/mol. The maximum Gasteiger partial charge on any atom is 0.254 e. The SMILES string of the molecule is CCN1Cc2c(ccnc2N[C@@H](C)c2ccc(-c3cc(C)nc(C)c3)c(F)c2)C1=O. The smallest absolute Gasteiger partial charge is 0.254 e. The van der Waals surface area contributed by atoms with Crippen molar-refractivity contribution >= 4 is 11.7 Å². The highest BCUT2D eigenvalue weighted by molar-refractivity contribution is 5.99. The molecule has 4 rings (SSSR count). The summed E-state index contributed by atoms with van der Waals surface area (Å²) < 4.78 is 15.0. The van der Waals surface area contributed by atoms with Crippen molar-refractivity contribution in [3.05, 3.63) is 76.5 Å². The minimum absolute atomic E-state index is 0.0314. The zero-order chi connectivity index (χ0) is 21.4. The van der Waals surface area contributed by atoms with Crippen molar-refractivity contribution in [2.75, 3.05) is 11.9 Å². The lowest BCUT2D eigenvalue weighted by Gasteiger charge is -2.18. The summed E-state index contributed by atoms with van der Waals surface area (Å²) in [5.41, 5.74) is 5.51. The van der Waals surface area contributed by atoms with Gasteiger partial charge < -0.3 is 10.2 Å². The zero-order valence-electron chi connectivity index (χ0n) is 17.7. The van der Waals surface area contributed by atoms with E-state index in [1.165, 1.54) is 0 Å². The number of benzene rings is 1. The van der Waals surface area contributed by atoms with E-state index in [-0.39, 0.29) is 17.8 Å². The summed E-state index contributed by atoms with van der Waals surface area (Å²) in [4.78, 5) is 23.0. The third-order valence-corrected chi connectivity index (χ3v) is 5.54. The number of nitrogens with one attached hydrogen (secondary N) is 1. The molecule has 0 fully saturated rings. The number of nitrogens with zero attached hydrogens (tertiary/aromatic N) is 3. The van der Waals surface area contributed by atoms with E-state index in [1.54, 1.807) is 23.2 Å². The normalized spacial score (nSPS) is 14.0. The number of anilines is 1. The van der Waals surface area contributed by atoms with Gasteiger partial charge in [0.25, 0.3) is 5.91 Å². The largest absolute Gasteiger partial charge is 0.363 e. The highest BCUT2D eigenvalue weighted by atomic mass is 19.1. The second kappa shape index (κ2) is 7.86. The van der Waals surface area contributed by atoms with Crippen LogP contribution in [-0.4, -0.2) is 27.3 Å². The van der Waals surface area contributed by atoms with Gasteiger partial charge in [0.15, 0.2) is 0 Å². The number of hydrogen-bond acceptors (Lipinski definition) is 4. The molecule has 0 spiro atoms. The average Bonchev–Trinajstić information content (AvgIpc) is 3.04. The standard InChI is InChI=1S/C24H25FN4O/c1-5-29-13-21-20(24(29)30)8-9-26-23(21)28-16(4)17-6-7-19(22(25)12-17)18-10-14(2)27-15(3)11-18/h6-12,16H,5,13H2,1-4H3,(H,26,28)/t16-/m0/s1. The van der Waals surface area contributed by atoms with Gasteiger partial charge in [-0.3, -0.25) is 9.78 Å². The van der Waals surface area contributed by atoms with E-state index in [4.69, 9.17) is 0 Å². The average molecular weight is 404 g/mol. The number of rotatable bonds is 5. The number of fused-ring (bicyclic) bond motifs is 1. The molecule has 0 radical (unpaired) electrons. The Morgan fingerprint density at radius 3 is 2.53 bits per heavy atom. The van der Waals surface area contributed by atoms with Crippen molar-refractivity contribution in [3.8, 4) is 11.1 Å². The van der Waals surface area contributed by atoms with Crippen molar-refractivity contribution in [2.45, 2.75) is 40.3 Å². The van der Waals surface area contributed by atoms with Crippen LogP contribution < -0.4 is 5.32 Å². The van der Waals surface area contributed by atoms with E-state index in [1.807, 2.05) is 52.0 Å². The van der Waals surface area contributed by atoms with Crippen molar-refractivity contribution < 1.29 is 9.18 Å². The first-order chi connectivity index (χ1) is 14.4. The molecule has 30 heavy (non-hydrogen) atoms. The summed E-state index contributed by atoms with van der Waals surface area (Å²) in [6.45, 7) is 8.94. The van der Waals surface area contributed by atoms with E-state index in [9.17, 15) is 9.18 Å². The number of pyridine rings is 2. The molecule has 0 saturated heterocycles. The Labute approximate surface area is 176 Å². The van der Waals surface area contributed by atoms with Crippen LogP contribution in [0.3, 0.4) is 0 Å². The molecule has 3 heterocycles. The molecule has 154 valence electrons. The van der Waals surface area contributed by atoms with Gasteiger partial charge in [-0.15, -0.1) is 0 Å². The first kappa shape index (κ1) is 20.0. The molecule has 1 amide bonds. The molecule has 6 heteroatoms. The second-order valence-corrected chi connectivity index (χ2v) is 7.75. The molecule has 1 aliphatic rings. The minimum Gasteiger partial charge on any atom is -0.363 e. The summed E-state index contributed by atoms with van der Waals surface area (Å²) >= 11 is 0. The molecule has 2 aromatic heterocycles. The van der Waals surface area contributed by atoms with Crippen LogP contribution in [0.15, 0.2) is 42.6 Å². The van der Waals surface area contributed by atoms with Crippen LogP contribution in [-0.2, 0) is 6.54 Å². The molecule has 1 aromatic carbocycles. The molecule has 0 unspecified atom stereocenters. The third kappa shape index (κ3) is 3.65. The van der Waals surface area contributed by atoms with Gasteiger partial charge in [-0.2, -0.15) is 0 Å². The van der Waals surface area contributed by atoms with Crippen LogP contribution in [0.25, 0.3) is 11.1 Å². The molecule has 0 bridgehead atoms. The summed E-state index contributed by atoms with van der Waals surface area (Å²) in [5.74, 6) is 0.433. The Morgan fingerprint density at radius 2 is 1.87 bits per heavy atom. The highest BCUT2D eigenvalue weighted by Gasteiger charge is 2.29. The summed E-state index contributed by atoms with van der Waals surface area (Å²) in [7, 11) is 0.